The summed E-state index contributed by atoms with van der Waals surface area (Å²) in [6, 6.07) is 0. The van der Waals surface area contributed by atoms with Crippen LogP contribution < -0.4 is 0 Å². The van der Waals surface area contributed by atoms with Gasteiger partial charge in [0.25, 0.3) is 0 Å². The third kappa shape index (κ3) is 4.10. The summed E-state index contributed by atoms with van der Waals surface area (Å²) in [4.78, 5) is 20.3. The Morgan fingerprint density at radius 3 is 2.94 bits per heavy atom. The molecule has 0 aliphatic heterocycles. The lowest BCUT2D eigenvalue weighted by Crippen LogP contribution is -2.20. The second kappa shape index (κ2) is 6.95. The van der Waals surface area contributed by atoms with E-state index in [0.29, 0.717) is 5.69 Å². The molecule has 5 nitrogen and oxygen atoms in total. The number of rotatable bonds is 6. The maximum absolute atomic E-state index is 11.9. The number of halogens is 1. The Kier molecular flexibility index (Phi) is 5.55. The first kappa shape index (κ1) is 13.6. The molecule has 0 aliphatic rings. The number of hydrogen-bond acceptors (Lipinski definition) is 6. The molecule has 17 heavy (non-hydrogen) atoms. The third-order valence-electron chi connectivity index (χ3n) is 1.65. The molecule has 0 fully saturated rings. The van der Waals surface area contributed by atoms with Crippen molar-refractivity contribution in [1.29, 1.82) is 0 Å². The number of ether oxygens (including phenoxy) is 1. The molecular formula is C10H13FN2O3S. The topological polar surface area (TPSA) is 60.8 Å². The molecule has 0 bridgehead atoms. The van der Waals surface area contributed by atoms with Gasteiger partial charge in [-0.05, 0) is 13.8 Å². The lowest BCUT2D eigenvalue weighted by molar-refractivity contribution is -0.135. The number of carbonyl (C=O) groups excluding carboxylic acids is 1. The summed E-state index contributed by atoms with van der Waals surface area (Å²) in [5.74, 6) is -0.628. The highest BCUT2D eigenvalue weighted by Gasteiger charge is 2.19. The van der Waals surface area contributed by atoms with E-state index in [9.17, 15) is 9.18 Å². The van der Waals surface area contributed by atoms with E-state index in [2.05, 4.69) is 15.0 Å². The second-order valence-corrected chi connectivity index (χ2v) is 4.00. The zero-order valence-electron chi connectivity index (χ0n) is 9.60. The minimum absolute atomic E-state index is 0.0374. The number of oxime groups is 1. The van der Waals surface area contributed by atoms with Crippen molar-refractivity contribution in [3.05, 3.63) is 16.1 Å². The number of aromatic nitrogens is 1. The van der Waals surface area contributed by atoms with Crippen molar-refractivity contribution < 1.29 is 18.8 Å². The van der Waals surface area contributed by atoms with Gasteiger partial charge in [-0.2, -0.15) is 0 Å². The van der Waals surface area contributed by atoms with Gasteiger partial charge in [-0.3, -0.25) is 0 Å². The first-order valence-corrected chi connectivity index (χ1v) is 5.92. The molecular weight excluding hydrogens is 247 g/mol. The Morgan fingerprint density at radius 1 is 1.65 bits per heavy atom. The van der Waals surface area contributed by atoms with Gasteiger partial charge < -0.3 is 9.57 Å². The molecule has 0 saturated heterocycles. The van der Waals surface area contributed by atoms with Gasteiger partial charge in [0.15, 0.2) is 0 Å². The van der Waals surface area contributed by atoms with Crippen LogP contribution in [-0.2, 0) is 14.4 Å². The summed E-state index contributed by atoms with van der Waals surface area (Å²) >= 11 is 1.38. The van der Waals surface area contributed by atoms with E-state index in [4.69, 9.17) is 4.74 Å². The monoisotopic (exact) mass is 260 g/mol. The van der Waals surface area contributed by atoms with Gasteiger partial charge in [-0.15, -0.1) is 11.3 Å². The average molecular weight is 260 g/mol. The SMILES string of the molecule is CCOC(=O)/C(=N/OCCF)c1csc(C)n1. The molecule has 1 heterocycles. The van der Waals surface area contributed by atoms with Crippen molar-refractivity contribution in [2.75, 3.05) is 19.9 Å². The molecule has 1 aromatic rings. The molecule has 0 N–H and O–H groups in total. The number of hydrogen-bond donors (Lipinski definition) is 0. The van der Waals surface area contributed by atoms with E-state index in [1.54, 1.807) is 19.2 Å². The number of thiazole rings is 1. The van der Waals surface area contributed by atoms with Crippen LogP contribution >= 0.6 is 11.3 Å². The molecule has 1 aromatic heterocycles. The Labute approximate surface area is 102 Å². The summed E-state index contributed by atoms with van der Waals surface area (Å²) in [6.07, 6.45) is 0. The number of esters is 1. The molecule has 0 atom stereocenters. The molecule has 0 amide bonds. The largest absolute Gasteiger partial charge is 0.461 e. The number of aryl methyl sites for hydroxylation is 1. The van der Waals surface area contributed by atoms with Crippen LogP contribution in [-0.4, -0.2) is 36.6 Å². The van der Waals surface area contributed by atoms with Crippen molar-refractivity contribution >= 4 is 23.0 Å². The summed E-state index contributed by atoms with van der Waals surface area (Å²) in [5.41, 5.74) is 0.342. The van der Waals surface area contributed by atoms with E-state index < -0.39 is 12.6 Å². The van der Waals surface area contributed by atoms with Crippen LogP contribution in [0, 0.1) is 6.92 Å². The minimum atomic E-state index is -0.671. The van der Waals surface area contributed by atoms with E-state index >= 15 is 0 Å². The van der Waals surface area contributed by atoms with Gasteiger partial charge in [0.1, 0.15) is 19.0 Å². The first-order chi connectivity index (χ1) is 8.19. The molecule has 0 aliphatic carbocycles. The number of nitrogens with zero attached hydrogens (tertiary/aromatic N) is 2. The average Bonchev–Trinajstić information content (AvgIpc) is 2.71. The lowest BCUT2D eigenvalue weighted by Gasteiger charge is -2.03. The molecule has 0 spiro atoms. The predicted molar refractivity (Wildman–Crippen MR) is 61.9 cm³/mol. The maximum Gasteiger partial charge on any atom is 0.362 e. The smallest absolute Gasteiger partial charge is 0.362 e. The van der Waals surface area contributed by atoms with Crippen LogP contribution in [0.4, 0.5) is 4.39 Å². The fourth-order valence-electron chi connectivity index (χ4n) is 1.00. The minimum Gasteiger partial charge on any atom is -0.461 e. The molecule has 1 rings (SSSR count). The predicted octanol–water partition coefficient (Wildman–Crippen LogP) is 1.70. The van der Waals surface area contributed by atoms with Crippen molar-refractivity contribution in [2.24, 2.45) is 5.16 Å². The van der Waals surface area contributed by atoms with E-state index in [0.717, 1.165) is 5.01 Å². The van der Waals surface area contributed by atoms with Crippen LogP contribution in [0.25, 0.3) is 0 Å². The van der Waals surface area contributed by atoms with Crippen molar-refractivity contribution in [3.8, 4) is 0 Å². The highest BCUT2D eigenvalue weighted by molar-refractivity contribution is 7.09. The fourth-order valence-corrected chi connectivity index (χ4v) is 1.60. The maximum atomic E-state index is 11.9. The molecule has 7 heteroatoms. The highest BCUT2D eigenvalue weighted by atomic mass is 32.1. The second-order valence-electron chi connectivity index (χ2n) is 2.93. The molecule has 94 valence electrons. The molecule has 0 aromatic carbocycles. The number of alkyl halides is 1. The van der Waals surface area contributed by atoms with Gasteiger partial charge in [0, 0.05) is 5.38 Å². The molecule has 0 radical (unpaired) electrons. The Balaban J connectivity index is 2.86. The van der Waals surface area contributed by atoms with Crippen molar-refractivity contribution in [3.63, 3.8) is 0 Å². The normalized spacial score (nSPS) is 11.4. The van der Waals surface area contributed by atoms with Crippen molar-refractivity contribution in [2.45, 2.75) is 13.8 Å². The van der Waals surface area contributed by atoms with Gasteiger partial charge in [0.2, 0.25) is 5.71 Å². The molecule has 0 saturated carbocycles. The van der Waals surface area contributed by atoms with Crippen LogP contribution in [0.1, 0.15) is 17.6 Å². The molecule has 0 unspecified atom stereocenters. The summed E-state index contributed by atoms with van der Waals surface area (Å²) in [7, 11) is 0. The lowest BCUT2D eigenvalue weighted by atomic mass is 10.3. The summed E-state index contributed by atoms with van der Waals surface area (Å²) < 4.78 is 16.7. The Hall–Kier alpha value is -1.50. The van der Waals surface area contributed by atoms with Gasteiger partial charge in [0.05, 0.1) is 11.6 Å². The number of carbonyl (C=O) groups is 1. The Bertz CT molecular complexity index is 406. The Morgan fingerprint density at radius 2 is 2.41 bits per heavy atom. The van der Waals surface area contributed by atoms with E-state index in [1.807, 2.05) is 0 Å². The summed E-state index contributed by atoms with van der Waals surface area (Å²) in [5, 5.41) is 6.03. The van der Waals surface area contributed by atoms with Crippen molar-refractivity contribution in [1.82, 2.24) is 4.98 Å². The zero-order chi connectivity index (χ0) is 12.7. The zero-order valence-corrected chi connectivity index (χ0v) is 10.4. The highest BCUT2D eigenvalue weighted by Crippen LogP contribution is 2.10. The van der Waals surface area contributed by atoms with Gasteiger partial charge in [-0.1, -0.05) is 5.16 Å². The first-order valence-electron chi connectivity index (χ1n) is 5.04. The third-order valence-corrected chi connectivity index (χ3v) is 2.43. The van der Waals surface area contributed by atoms with Crippen LogP contribution in [0.15, 0.2) is 10.5 Å². The van der Waals surface area contributed by atoms with E-state index in [-0.39, 0.29) is 18.9 Å². The van der Waals surface area contributed by atoms with Crippen LogP contribution in [0.2, 0.25) is 0 Å². The van der Waals surface area contributed by atoms with Crippen LogP contribution in [0.3, 0.4) is 0 Å². The quantitative estimate of drug-likeness (QED) is 0.338. The fraction of sp³-hybridized carbons (Fsp3) is 0.500. The van der Waals surface area contributed by atoms with E-state index in [1.165, 1.54) is 11.3 Å². The van der Waals surface area contributed by atoms with Crippen LogP contribution in [0.5, 0.6) is 0 Å². The van der Waals surface area contributed by atoms with Gasteiger partial charge >= 0.3 is 5.97 Å². The standard InChI is InChI=1S/C10H13FN2O3S/c1-3-15-10(14)9(13-16-5-4-11)8-6-17-7(2)12-8/h6H,3-5H2,1-2H3/b13-9+. The van der Waals surface area contributed by atoms with Gasteiger partial charge in [-0.25, -0.2) is 14.2 Å². The summed E-state index contributed by atoms with van der Waals surface area (Å²) in [6.45, 7) is 2.84.